The zero-order valence-corrected chi connectivity index (χ0v) is 21.5. The number of rotatable bonds is 7. The first-order valence-electron chi connectivity index (χ1n) is 11.9. The predicted molar refractivity (Wildman–Crippen MR) is 136 cm³/mol. The van der Waals surface area contributed by atoms with E-state index in [0.717, 1.165) is 77.7 Å². The maximum atomic E-state index is 6.02. The number of ether oxygens (including phenoxy) is 4. The van der Waals surface area contributed by atoms with E-state index >= 15 is 0 Å². The number of halogens is 1. The van der Waals surface area contributed by atoms with Crippen LogP contribution in [0.4, 0.5) is 0 Å². The molecule has 4 rings (SSSR count). The van der Waals surface area contributed by atoms with Gasteiger partial charge in [0.25, 0.3) is 0 Å². The third-order valence-corrected chi connectivity index (χ3v) is 6.20. The maximum Gasteiger partial charge on any atom is 0.194 e. The van der Waals surface area contributed by atoms with Crippen molar-refractivity contribution in [1.29, 1.82) is 0 Å². The van der Waals surface area contributed by atoms with Crippen LogP contribution < -0.4 is 5.32 Å². The number of hydrogen-bond donors (Lipinski definition) is 1. The molecule has 1 N–H and O–H groups in total. The Morgan fingerprint density at radius 2 is 1.78 bits per heavy atom. The number of morpholine rings is 1. The maximum absolute atomic E-state index is 6.02. The predicted octanol–water partition coefficient (Wildman–Crippen LogP) is 3.35. The summed E-state index contributed by atoms with van der Waals surface area (Å²) in [6, 6.07) is 8.62. The van der Waals surface area contributed by atoms with Gasteiger partial charge in [-0.2, -0.15) is 0 Å². The number of nitrogens with one attached hydrogen (secondary N) is 1. The van der Waals surface area contributed by atoms with Crippen LogP contribution in [0.25, 0.3) is 0 Å². The van der Waals surface area contributed by atoms with Crippen molar-refractivity contribution < 1.29 is 18.9 Å². The Kier molecular flexibility index (Phi) is 11.0. The van der Waals surface area contributed by atoms with Gasteiger partial charge in [-0.3, -0.25) is 0 Å². The molecule has 3 heterocycles. The molecule has 32 heavy (non-hydrogen) atoms. The van der Waals surface area contributed by atoms with E-state index < -0.39 is 0 Å². The SMILES string of the molecule is CCNC(=NCc1ccc(COC2CCOCC2)cc1)N1CCOC(C2CCCO2)C1.I. The summed E-state index contributed by atoms with van der Waals surface area (Å²) >= 11 is 0. The summed E-state index contributed by atoms with van der Waals surface area (Å²) < 4.78 is 23.3. The Balaban J connectivity index is 0.00000289. The zero-order valence-electron chi connectivity index (χ0n) is 19.2. The van der Waals surface area contributed by atoms with Gasteiger partial charge in [0.15, 0.2) is 5.96 Å². The molecule has 2 atom stereocenters. The second-order valence-corrected chi connectivity index (χ2v) is 8.52. The second kappa shape index (κ2) is 13.7. The molecular formula is C24H38IN3O4. The summed E-state index contributed by atoms with van der Waals surface area (Å²) in [5.74, 6) is 0.959. The molecule has 0 aliphatic carbocycles. The van der Waals surface area contributed by atoms with Crippen LogP contribution in [-0.2, 0) is 32.1 Å². The Morgan fingerprint density at radius 3 is 2.50 bits per heavy atom. The summed E-state index contributed by atoms with van der Waals surface area (Å²) in [7, 11) is 0. The third kappa shape index (κ3) is 7.55. The molecule has 0 spiro atoms. The molecule has 0 radical (unpaired) electrons. The summed E-state index contributed by atoms with van der Waals surface area (Å²) in [5.41, 5.74) is 2.41. The third-order valence-electron chi connectivity index (χ3n) is 6.20. The molecule has 8 heteroatoms. The minimum absolute atomic E-state index is 0. The fourth-order valence-corrected chi connectivity index (χ4v) is 4.38. The number of nitrogens with zero attached hydrogens (tertiary/aromatic N) is 2. The highest BCUT2D eigenvalue weighted by molar-refractivity contribution is 14.0. The Morgan fingerprint density at radius 1 is 1.03 bits per heavy atom. The van der Waals surface area contributed by atoms with Crippen LogP contribution in [0.1, 0.15) is 43.7 Å². The molecule has 0 bridgehead atoms. The first-order chi connectivity index (χ1) is 15.3. The van der Waals surface area contributed by atoms with E-state index in [1.807, 2.05) is 0 Å². The molecule has 1 aromatic carbocycles. The van der Waals surface area contributed by atoms with Gasteiger partial charge in [0, 0.05) is 39.5 Å². The minimum Gasteiger partial charge on any atom is -0.381 e. The molecule has 7 nitrogen and oxygen atoms in total. The Bertz CT molecular complexity index is 691. The van der Waals surface area contributed by atoms with Gasteiger partial charge in [0.2, 0.25) is 0 Å². The van der Waals surface area contributed by atoms with Crippen molar-refractivity contribution in [3.05, 3.63) is 35.4 Å². The molecular weight excluding hydrogens is 521 g/mol. The highest BCUT2D eigenvalue weighted by Crippen LogP contribution is 2.21. The topological polar surface area (TPSA) is 64.6 Å². The molecule has 1 aromatic rings. The van der Waals surface area contributed by atoms with Crippen molar-refractivity contribution >= 4 is 29.9 Å². The van der Waals surface area contributed by atoms with Crippen LogP contribution in [0.5, 0.6) is 0 Å². The van der Waals surface area contributed by atoms with Crippen LogP contribution >= 0.6 is 24.0 Å². The van der Waals surface area contributed by atoms with Gasteiger partial charge < -0.3 is 29.2 Å². The van der Waals surface area contributed by atoms with E-state index in [4.69, 9.17) is 23.9 Å². The van der Waals surface area contributed by atoms with Gasteiger partial charge in [-0.15, -0.1) is 24.0 Å². The van der Waals surface area contributed by atoms with E-state index in [-0.39, 0.29) is 36.2 Å². The number of aliphatic imine (C=N–C) groups is 1. The Labute approximate surface area is 209 Å². The van der Waals surface area contributed by atoms with Crippen LogP contribution in [-0.4, -0.2) is 75.2 Å². The summed E-state index contributed by atoms with van der Waals surface area (Å²) in [6.45, 7) is 9.17. The molecule has 3 fully saturated rings. The van der Waals surface area contributed by atoms with Crippen molar-refractivity contribution in [2.45, 2.75) is 64.1 Å². The average molecular weight is 559 g/mol. The molecule has 0 aromatic heterocycles. The molecule has 3 aliphatic rings. The van der Waals surface area contributed by atoms with E-state index in [2.05, 4.69) is 41.4 Å². The normalized spacial score (nSPS) is 24.9. The second-order valence-electron chi connectivity index (χ2n) is 8.52. The van der Waals surface area contributed by atoms with Crippen molar-refractivity contribution in [3.63, 3.8) is 0 Å². The summed E-state index contributed by atoms with van der Waals surface area (Å²) in [5, 5.41) is 3.45. The Hall–Kier alpha value is -0.940. The number of guanidine groups is 1. The van der Waals surface area contributed by atoms with Gasteiger partial charge in [0.1, 0.15) is 6.10 Å². The van der Waals surface area contributed by atoms with Gasteiger partial charge in [0.05, 0.1) is 32.0 Å². The minimum atomic E-state index is 0. The summed E-state index contributed by atoms with van der Waals surface area (Å²) in [6.07, 6.45) is 4.90. The van der Waals surface area contributed by atoms with Crippen LogP contribution in [0.15, 0.2) is 29.3 Å². The van der Waals surface area contributed by atoms with Gasteiger partial charge in [-0.1, -0.05) is 24.3 Å². The quantitative estimate of drug-likeness (QED) is 0.314. The number of hydrogen-bond acceptors (Lipinski definition) is 5. The lowest BCUT2D eigenvalue weighted by Gasteiger charge is -2.37. The first-order valence-corrected chi connectivity index (χ1v) is 11.9. The first kappa shape index (κ1) is 25.7. The smallest absolute Gasteiger partial charge is 0.194 e. The molecule has 3 saturated heterocycles. The fraction of sp³-hybridized carbons (Fsp3) is 0.708. The highest BCUT2D eigenvalue weighted by atomic mass is 127. The largest absolute Gasteiger partial charge is 0.381 e. The molecule has 2 unspecified atom stereocenters. The fourth-order valence-electron chi connectivity index (χ4n) is 4.38. The molecule has 3 aliphatic heterocycles. The van der Waals surface area contributed by atoms with E-state index in [9.17, 15) is 0 Å². The van der Waals surface area contributed by atoms with Gasteiger partial charge in [-0.25, -0.2) is 4.99 Å². The van der Waals surface area contributed by atoms with Gasteiger partial charge >= 0.3 is 0 Å². The van der Waals surface area contributed by atoms with Crippen molar-refractivity contribution in [3.8, 4) is 0 Å². The highest BCUT2D eigenvalue weighted by Gasteiger charge is 2.32. The molecule has 180 valence electrons. The standard InChI is InChI=1S/C24H37N3O4.HI/c1-2-25-24(27-11-15-30-23(17-27)22-4-3-12-29-22)26-16-19-5-7-20(8-6-19)18-31-21-9-13-28-14-10-21;/h5-8,21-23H,2-4,9-18H2,1H3,(H,25,26);1H. The van der Waals surface area contributed by atoms with Gasteiger partial charge in [-0.05, 0) is 43.7 Å². The van der Waals surface area contributed by atoms with Crippen molar-refractivity contribution in [2.24, 2.45) is 4.99 Å². The zero-order chi connectivity index (χ0) is 21.3. The van der Waals surface area contributed by atoms with Crippen molar-refractivity contribution in [2.75, 3.05) is 46.1 Å². The van der Waals surface area contributed by atoms with E-state index in [0.29, 0.717) is 19.3 Å². The lowest BCUT2D eigenvalue weighted by Crippen LogP contribution is -2.53. The average Bonchev–Trinajstić information content (AvgIpc) is 3.37. The van der Waals surface area contributed by atoms with Crippen LogP contribution in [0.3, 0.4) is 0 Å². The van der Waals surface area contributed by atoms with E-state index in [1.54, 1.807) is 0 Å². The lowest BCUT2D eigenvalue weighted by molar-refractivity contribution is -0.0817. The molecule has 0 saturated carbocycles. The van der Waals surface area contributed by atoms with Crippen LogP contribution in [0.2, 0.25) is 0 Å². The number of benzene rings is 1. The summed E-state index contributed by atoms with van der Waals surface area (Å²) in [4.78, 5) is 7.22. The molecule has 0 amide bonds. The lowest BCUT2D eigenvalue weighted by atomic mass is 10.1. The monoisotopic (exact) mass is 559 g/mol. The van der Waals surface area contributed by atoms with E-state index in [1.165, 1.54) is 11.1 Å². The van der Waals surface area contributed by atoms with Crippen molar-refractivity contribution in [1.82, 2.24) is 10.2 Å². The van der Waals surface area contributed by atoms with Crippen LogP contribution in [0, 0.1) is 0 Å².